The Kier molecular flexibility index (Phi) is 5.59. The summed E-state index contributed by atoms with van der Waals surface area (Å²) in [7, 11) is 0. The van der Waals surface area contributed by atoms with Gasteiger partial charge in [0.2, 0.25) is 0 Å². The Morgan fingerprint density at radius 3 is 2.73 bits per heavy atom. The molecule has 0 aliphatic carbocycles. The second-order valence-electron chi connectivity index (χ2n) is 5.63. The van der Waals surface area contributed by atoms with Crippen molar-refractivity contribution in [1.82, 2.24) is 0 Å². The highest BCUT2D eigenvalue weighted by molar-refractivity contribution is 5.69. The molecule has 0 radical (unpaired) electrons. The summed E-state index contributed by atoms with van der Waals surface area (Å²) in [5, 5.41) is 0. The van der Waals surface area contributed by atoms with E-state index >= 15 is 0 Å². The van der Waals surface area contributed by atoms with E-state index in [1.807, 2.05) is 44.2 Å². The van der Waals surface area contributed by atoms with E-state index < -0.39 is 5.79 Å². The van der Waals surface area contributed by atoms with Crippen molar-refractivity contribution in [3.63, 3.8) is 0 Å². The molecule has 1 aliphatic heterocycles. The Balaban J connectivity index is 2.02. The molecule has 0 N–H and O–H groups in total. The molecule has 4 nitrogen and oxygen atoms in total. The highest BCUT2D eigenvalue weighted by atomic mass is 16.7. The van der Waals surface area contributed by atoms with Gasteiger partial charge in [-0.3, -0.25) is 4.79 Å². The maximum absolute atomic E-state index is 11.6. The van der Waals surface area contributed by atoms with E-state index in [4.69, 9.17) is 14.2 Å². The summed E-state index contributed by atoms with van der Waals surface area (Å²) >= 11 is 0. The van der Waals surface area contributed by atoms with Crippen molar-refractivity contribution in [2.24, 2.45) is 0 Å². The average molecular weight is 302 g/mol. The molecule has 2 atom stereocenters. The Hall–Kier alpha value is -1.83. The minimum Gasteiger partial charge on any atom is -0.466 e. The normalized spacial score (nSPS) is 23.2. The molecule has 0 saturated carbocycles. The van der Waals surface area contributed by atoms with Crippen LogP contribution in [0.2, 0.25) is 0 Å². The van der Waals surface area contributed by atoms with Crippen LogP contribution in [-0.2, 0) is 19.0 Å². The number of hydrogen-bond donors (Lipinski definition) is 0. The summed E-state index contributed by atoms with van der Waals surface area (Å²) < 4.78 is 16.6. The van der Waals surface area contributed by atoms with Crippen LogP contribution >= 0.6 is 0 Å². The summed E-state index contributed by atoms with van der Waals surface area (Å²) in [6, 6.07) is 9.75. The Bertz CT molecular complexity index is 553. The summed E-state index contributed by atoms with van der Waals surface area (Å²) in [5.74, 6) is 5.22. The van der Waals surface area contributed by atoms with E-state index in [-0.39, 0.29) is 24.6 Å². The third-order valence-electron chi connectivity index (χ3n) is 3.20. The molecule has 0 amide bonds. The van der Waals surface area contributed by atoms with Crippen molar-refractivity contribution < 1.29 is 19.0 Å². The molecule has 1 fully saturated rings. The topological polar surface area (TPSA) is 44.8 Å². The lowest BCUT2D eigenvalue weighted by Crippen LogP contribution is -2.45. The van der Waals surface area contributed by atoms with Gasteiger partial charge < -0.3 is 14.2 Å². The van der Waals surface area contributed by atoms with Crippen LogP contribution in [0.3, 0.4) is 0 Å². The Labute approximate surface area is 131 Å². The zero-order chi connectivity index (χ0) is 16.0. The van der Waals surface area contributed by atoms with E-state index in [0.29, 0.717) is 13.0 Å². The quantitative estimate of drug-likeness (QED) is 0.636. The van der Waals surface area contributed by atoms with Crippen molar-refractivity contribution in [3.8, 4) is 11.8 Å². The number of hydrogen-bond acceptors (Lipinski definition) is 4. The van der Waals surface area contributed by atoms with Crippen LogP contribution in [0.15, 0.2) is 30.3 Å². The fourth-order valence-electron chi connectivity index (χ4n) is 2.41. The summed E-state index contributed by atoms with van der Waals surface area (Å²) in [5.41, 5.74) is 0.942. The van der Waals surface area contributed by atoms with E-state index in [9.17, 15) is 4.79 Å². The lowest BCUT2D eigenvalue weighted by molar-refractivity contribution is -0.288. The highest BCUT2D eigenvalue weighted by Gasteiger charge is 2.36. The summed E-state index contributed by atoms with van der Waals surface area (Å²) in [4.78, 5) is 11.6. The first kappa shape index (κ1) is 16.5. The van der Waals surface area contributed by atoms with Gasteiger partial charge in [0, 0.05) is 12.0 Å². The van der Waals surface area contributed by atoms with E-state index in [0.717, 1.165) is 5.56 Å². The van der Waals surface area contributed by atoms with Gasteiger partial charge in [0.15, 0.2) is 5.79 Å². The molecule has 2 rings (SSSR count). The van der Waals surface area contributed by atoms with Gasteiger partial charge in [0.05, 0.1) is 19.1 Å². The third-order valence-corrected chi connectivity index (χ3v) is 3.20. The largest absolute Gasteiger partial charge is 0.466 e. The van der Waals surface area contributed by atoms with Crippen LogP contribution in [-0.4, -0.2) is 30.6 Å². The summed E-state index contributed by atoms with van der Waals surface area (Å²) in [6.07, 6.45) is 0.285. The molecule has 0 aromatic heterocycles. The minimum absolute atomic E-state index is 0.226. The van der Waals surface area contributed by atoms with Crippen molar-refractivity contribution in [2.45, 2.75) is 51.6 Å². The van der Waals surface area contributed by atoms with Crippen molar-refractivity contribution in [3.05, 3.63) is 35.9 Å². The van der Waals surface area contributed by atoms with E-state index in [2.05, 4.69) is 11.8 Å². The molecule has 4 heteroatoms. The monoisotopic (exact) mass is 302 g/mol. The number of rotatable bonds is 3. The smallest absolute Gasteiger partial charge is 0.308 e. The molecule has 22 heavy (non-hydrogen) atoms. The van der Waals surface area contributed by atoms with Crippen LogP contribution in [0.4, 0.5) is 0 Å². The van der Waals surface area contributed by atoms with Gasteiger partial charge in [0.25, 0.3) is 0 Å². The number of carbonyl (C=O) groups is 1. The molecule has 0 unspecified atom stereocenters. The fraction of sp³-hybridized carbons (Fsp3) is 0.500. The number of esters is 1. The third kappa shape index (κ3) is 5.18. The molecule has 1 aromatic carbocycles. The summed E-state index contributed by atoms with van der Waals surface area (Å²) in [6.45, 7) is 5.84. The molecular formula is C18H22O4. The van der Waals surface area contributed by atoms with Gasteiger partial charge in [-0.1, -0.05) is 30.0 Å². The van der Waals surface area contributed by atoms with Gasteiger partial charge in [-0.05, 0) is 32.9 Å². The lowest BCUT2D eigenvalue weighted by atomic mass is 10.1. The van der Waals surface area contributed by atoms with Crippen LogP contribution in [0.5, 0.6) is 0 Å². The maximum atomic E-state index is 11.6. The molecule has 1 aromatic rings. The SMILES string of the molecule is CCOC(=O)C[C@H]1C[C@@H](C#Cc2ccccc2)OC(C)(C)O1. The average Bonchev–Trinajstić information content (AvgIpc) is 2.45. The molecule has 1 heterocycles. The zero-order valence-corrected chi connectivity index (χ0v) is 13.3. The first-order valence-electron chi connectivity index (χ1n) is 7.56. The van der Waals surface area contributed by atoms with Crippen molar-refractivity contribution >= 4 is 5.97 Å². The van der Waals surface area contributed by atoms with Crippen molar-refractivity contribution in [1.29, 1.82) is 0 Å². The van der Waals surface area contributed by atoms with Crippen LogP contribution in [0.25, 0.3) is 0 Å². The first-order valence-corrected chi connectivity index (χ1v) is 7.56. The Morgan fingerprint density at radius 1 is 1.32 bits per heavy atom. The Morgan fingerprint density at radius 2 is 2.05 bits per heavy atom. The van der Waals surface area contributed by atoms with Crippen molar-refractivity contribution in [2.75, 3.05) is 6.61 Å². The molecule has 1 saturated heterocycles. The minimum atomic E-state index is -0.758. The number of benzene rings is 1. The fourth-order valence-corrected chi connectivity index (χ4v) is 2.41. The lowest BCUT2D eigenvalue weighted by Gasteiger charge is -2.38. The predicted octanol–water partition coefficient (Wildman–Crippen LogP) is 2.90. The molecule has 1 aliphatic rings. The highest BCUT2D eigenvalue weighted by Crippen LogP contribution is 2.28. The van der Waals surface area contributed by atoms with E-state index in [1.165, 1.54) is 0 Å². The maximum Gasteiger partial charge on any atom is 0.308 e. The molecule has 0 bridgehead atoms. The first-order chi connectivity index (χ1) is 10.5. The number of carbonyl (C=O) groups excluding carboxylic acids is 1. The molecular weight excluding hydrogens is 280 g/mol. The van der Waals surface area contributed by atoms with E-state index in [1.54, 1.807) is 6.92 Å². The zero-order valence-electron chi connectivity index (χ0n) is 13.3. The van der Waals surface area contributed by atoms with Gasteiger partial charge in [-0.15, -0.1) is 0 Å². The predicted molar refractivity (Wildman–Crippen MR) is 83.0 cm³/mol. The van der Waals surface area contributed by atoms with Gasteiger partial charge in [-0.2, -0.15) is 0 Å². The molecule has 118 valence electrons. The second-order valence-corrected chi connectivity index (χ2v) is 5.63. The van der Waals surface area contributed by atoms with Gasteiger partial charge in [-0.25, -0.2) is 0 Å². The number of ether oxygens (including phenoxy) is 3. The standard InChI is InChI=1S/C18H22O4/c1-4-20-17(19)13-16-12-15(21-18(2,3)22-16)11-10-14-8-6-5-7-9-14/h5-9,15-16H,4,12-13H2,1-3H3/t15-,16-/m1/s1. The van der Waals surface area contributed by atoms with Gasteiger partial charge >= 0.3 is 5.97 Å². The molecule has 0 spiro atoms. The van der Waals surface area contributed by atoms with Gasteiger partial charge in [0.1, 0.15) is 6.10 Å². The van der Waals surface area contributed by atoms with Crippen LogP contribution in [0, 0.1) is 11.8 Å². The van der Waals surface area contributed by atoms with Crippen LogP contribution < -0.4 is 0 Å². The second kappa shape index (κ2) is 7.44. The van der Waals surface area contributed by atoms with Crippen LogP contribution in [0.1, 0.15) is 39.2 Å².